The minimum atomic E-state index is -0.215. The monoisotopic (exact) mass is 411 g/mol. The predicted octanol–water partition coefficient (Wildman–Crippen LogP) is 2.67. The second-order valence-electron chi connectivity index (χ2n) is 7.38. The second kappa shape index (κ2) is 8.62. The lowest BCUT2D eigenvalue weighted by molar-refractivity contribution is -0.119. The zero-order chi connectivity index (χ0) is 21.1. The summed E-state index contributed by atoms with van der Waals surface area (Å²) in [6.07, 6.45) is 1.33. The summed E-state index contributed by atoms with van der Waals surface area (Å²) >= 11 is 0. The number of ether oxygens (including phenoxy) is 4. The minimum Gasteiger partial charge on any atom is -0.493 e. The van der Waals surface area contributed by atoms with Crippen molar-refractivity contribution in [1.29, 1.82) is 0 Å². The minimum absolute atomic E-state index is 0.215. The lowest BCUT2D eigenvalue weighted by atomic mass is 9.98. The molecular formula is C22H25N3O5. The van der Waals surface area contributed by atoms with E-state index in [1.165, 1.54) is 5.01 Å². The molecule has 8 heteroatoms. The quantitative estimate of drug-likeness (QED) is 0.622. The number of amides is 1. The molecule has 0 bridgehead atoms. The Hall–Kier alpha value is -3.26. The van der Waals surface area contributed by atoms with Crippen molar-refractivity contribution in [3.05, 3.63) is 47.5 Å². The first kappa shape index (κ1) is 20.0. The van der Waals surface area contributed by atoms with E-state index < -0.39 is 0 Å². The maximum atomic E-state index is 11.7. The average molecular weight is 411 g/mol. The summed E-state index contributed by atoms with van der Waals surface area (Å²) in [6, 6.07) is 11.2. The van der Waals surface area contributed by atoms with Gasteiger partial charge in [-0.1, -0.05) is 6.07 Å². The van der Waals surface area contributed by atoms with Gasteiger partial charge in [0.1, 0.15) is 6.61 Å². The fourth-order valence-corrected chi connectivity index (χ4v) is 3.49. The van der Waals surface area contributed by atoms with Crippen LogP contribution in [0.4, 0.5) is 0 Å². The van der Waals surface area contributed by atoms with Crippen LogP contribution in [0, 0.1) is 0 Å². The van der Waals surface area contributed by atoms with Crippen LogP contribution in [0.25, 0.3) is 0 Å². The van der Waals surface area contributed by atoms with Crippen LogP contribution in [0.15, 0.2) is 41.5 Å². The lowest BCUT2D eigenvalue weighted by Gasteiger charge is -2.19. The summed E-state index contributed by atoms with van der Waals surface area (Å²) in [6.45, 7) is 1.58. The molecule has 2 aromatic carbocycles. The summed E-state index contributed by atoms with van der Waals surface area (Å²) in [5, 5.41) is 5.96. The third-order valence-corrected chi connectivity index (χ3v) is 5.12. The summed E-state index contributed by atoms with van der Waals surface area (Å²) in [5.74, 6) is 2.72. The summed E-state index contributed by atoms with van der Waals surface area (Å²) in [5.41, 5.74) is 2.65. The van der Waals surface area contributed by atoms with Gasteiger partial charge in [0.2, 0.25) is 13.2 Å². The molecular weight excluding hydrogens is 386 g/mol. The highest BCUT2D eigenvalue weighted by atomic mass is 16.7. The number of hydrazone groups is 1. The molecule has 1 amide bonds. The van der Waals surface area contributed by atoms with Gasteiger partial charge in [0, 0.05) is 18.5 Å². The Kier molecular flexibility index (Phi) is 5.76. The number of methoxy groups -OCH3 is 1. The standard InChI is InChI=1S/C22H25N3O5/c1-24(2)8-9-28-19-7-5-16(11-21(19)27-3)18-12-17(23-25(18)13-26)15-4-6-20-22(10-15)30-14-29-20/h4-7,10-11,13,18H,8-9,12,14H2,1-3H3. The highest BCUT2D eigenvalue weighted by Gasteiger charge is 2.30. The SMILES string of the molecule is COc1cc(C2CC(c3ccc4c(c3)OCO4)=NN2C=O)ccc1OCCN(C)C. The molecule has 0 radical (unpaired) electrons. The van der Waals surface area contributed by atoms with Gasteiger partial charge in [0.05, 0.1) is 18.9 Å². The van der Waals surface area contributed by atoms with E-state index in [2.05, 4.69) is 10.0 Å². The van der Waals surface area contributed by atoms with Gasteiger partial charge in [-0.3, -0.25) is 4.79 Å². The van der Waals surface area contributed by atoms with E-state index >= 15 is 0 Å². The molecule has 1 atom stereocenters. The highest BCUT2D eigenvalue weighted by Crippen LogP contribution is 2.38. The number of hydrogen-bond acceptors (Lipinski definition) is 7. The van der Waals surface area contributed by atoms with E-state index in [0.717, 1.165) is 35.5 Å². The molecule has 2 heterocycles. The van der Waals surface area contributed by atoms with Crippen LogP contribution in [0.2, 0.25) is 0 Å². The van der Waals surface area contributed by atoms with Crippen molar-refractivity contribution in [2.45, 2.75) is 12.5 Å². The number of benzene rings is 2. The largest absolute Gasteiger partial charge is 0.493 e. The fourth-order valence-electron chi connectivity index (χ4n) is 3.49. The molecule has 2 aliphatic rings. The van der Waals surface area contributed by atoms with Gasteiger partial charge >= 0.3 is 0 Å². The van der Waals surface area contributed by atoms with Crippen molar-refractivity contribution in [2.24, 2.45) is 5.10 Å². The van der Waals surface area contributed by atoms with Crippen molar-refractivity contribution in [2.75, 3.05) is 41.1 Å². The van der Waals surface area contributed by atoms with E-state index in [1.807, 2.05) is 50.5 Å². The Morgan fingerprint density at radius 1 is 1.17 bits per heavy atom. The van der Waals surface area contributed by atoms with E-state index in [1.54, 1.807) is 7.11 Å². The van der Waals surface area contributed by atoms with Crippen molar-refractivity contribution in [1.82, 2.24) is 9.91 Å². The van der Waals surface area contributed by atoms with Crippen LogP contribution < -0.4 is 18.9 Å². The summed E-state index contributed by atoms with van der Waals surface area (Å²) in [7, 11) is 5.60. The maximum Gasteiger partial charge on any atom is 0.231 e. The molecule has 0 saturated carbocycles. The van der Waals surface area contributed by atoms with Gasteiger partial charge in [0.15, 0.2) is 23.0 Å². The van der Waals surface area contributed by atoms with Crippen molar-refractivity contribution < 1.29 is 23.7 Å². The van der Waals surface area contributed by atoms with E-state index in [9.17, 15) is 4.79 Å². The summed E-state index contributed by atoms with van der Waals surface area (Å²) in [4.78, 5) is 13.7. The highest BCUT2D eigenvalue weighted by molar-refractivity contribution is 6.03. The van der Waals surface area contributed by atoms with Gasteiger partial charge in [-0.25, -0.2) is 5.01 Å². The summed E-state index contributed by atoms with van der Waals surface area (Å²) < 4.78 is 22.2. The van der Waals surface area contributed by atoms with Crippen LogP contribution in [-0.2, 0) is 4.79 Å². The molecule has 30 heavy (non-hydrogen) atoms. The molecule has 0 N–H and O–H groups in total. The maximum absolute atomic E-state index is 11.7. The predicted molar refractivity (Wildman–Crippen MR) is 111 cm³/mol. The molecule has 0 aliphatic carbocycles. The Morgan fingerprint density at radius 3 is 2.77 bits per heavy atom. The molecule has 2 aliphatic heterocycles. The number of likely N-dealkylation sites (N-methyl/N-ethyl adjacent to an activating group) is 1. The topological polar surface area (TPSA) is 72.8 Å². The molecule has 8 nitrogen and oxygen atoms in total. The van der Waals surface area contributed by atoms with Gasteiger partial charge in [-0.15, -0.1) is 0 Å². The van der Waals surface area contributed by atoms with E-state index in [0.29, 0.717) is 30.3 Å². The third-order valence-electron chi connectivity index (χ3n) is 5.12. The zero-order valence-corrected chi connectivity index (χ0v) is 17.3. The second-order valence-corrected chi connectivity index (χ2v) is 7.38. The Bertz CT molecular complexity index is 960. The number of carbonyl (C=O) groups is 1. The first-order valence-corrected chi connectivity index (χ1v) is 9.75. The van der Waals surface area contributed by atoms with Gasteiger partial charge < -0.3 is 23.8 Å². The number of fused-ring (bicyclic) bond motifs is 1. The van der Waals surface area contributed by atoms with Crippen LogP contribution >= 0.6 is 0 Å². The van der Waals surface area contributed by atoms with Crippen molar-refractivity contribution in [3.8, 4) is 23.0 Å². The van der Waals surface area contributed by atoms with Crippen LogP contribution in [0.3, 0.4) is 0 Å². The lowest BCUT2D eigenvalue weighted by Crippen LogP contribution is -2.20. The number of nitrogens with zero attached hydrogens (tertiary/aromatic N) is 3. The van der Waals surface area contributed by atoms with Crippen LogP contribution in [0.5, 0.6) is 23.0 Å². The molecule has 0 aromatic heterocycles. The fraction of sp³-hybridized carbons (Fsp3) is 0.364. The number of hydrogen-bond donors (Lipinski definition) is 0. The van der Waals surface area contributed by atoms with Crippen LogP contribution in [-0.4, -0.2) is 63.2 Å². The molecule has 158 valence electrons. The number of rotatable bonds is 8. The Labute approximate surface area is 175 Å². The molecule has 0 fully saturated rings. The number of carbonyl (C=O) groups excluding carboxylic acids is 1. The van der Waals surface area contributed by atoms with Gasteiger partial charge in [0.25, 0.3) is 0 Å². The first-order valence-electron chi connectivity index (χ1n) is 9.75. The first-order chi connectivity index (χ1) is 14.6. The van der Waals surface area contributed by atoms with Crippen molar-refractivity contribution in [3.63, 3.8) is 0 Å². The van der Waals surface area contributed by atoms with Gasteiger partial charge in [-0.05, 0) is 50.0 Å². The normalized spacial score (nSPS) is 17.3. The average Bonchev–Trinajstić information content (AvgIpc) is 3.40. The van der Waals surface area contributed by atoms with Crippen molar-refractivity contribution >= 4 is 12.1 Å². The molecule has 0 spiro atoms. The molecule has 1 unspecified atom stereocenters. The van der Waals surface area contributed by atoms with Crippen LogP contribution in [0.1, 0.15) is 23.6 Å². The Morgan fingerprint density at radius 2 is 2.00 bits per heavy atom. The molecule has 0 saturated heterocycles. The molecule has 4 rings (SSSR count). The van der Waals surface area contributed by atoms with E-state index in [-0.39, 0.29) is 12.8 Å². The molecule has 2 aromatic rings. The zero-order valence-electron chi connectivity index (χ0n) is 17.3. The smallest absolute Gasteiger partial charge is 0.231 e. The third kappa shape index (κ3) is 4.04. The van der Waals surface area contributed by atoms with E-state index in [4.69, 9.17) is 18.9 Å². The Balaban J connectivity index is 1.53. The van der Waals surface area contributed by atoms with Gasteiger partial charge in [-0.2, -0.15) is 5.10 Å².